The van der Waals surface area contributed by atoms with E-state index in [1.54, 1.807) is 6.92 Å². The Morgan fingerprint density at radius 2 is 2.15 bits per heavy atom. The second-order valence-corrected chi connectivity index (χ2v) is 4.73. The molecule has 76 valence electrons. The molecule has 1 aliphatic heterocycles. The Hall–Kier alpha value is -0.220. The van der Waals surface area contributed by atoms with E-state index >= 15 is 0 Å². The van der Waals surface area contributed by atoms with Gasteiger partial charge in [-0.3, -0.25) is 0 Å². The first-order valence-electron chi connectivity index (χ1n) is 4.79. The highest BCUT2D eigenvalue weighted by molar-refractivity contribution is 5.09. The van der Waals surface area contributed by atoms with E-state index in [-0.39, 0.29) is 12.5 Å². The second-order valence-electron chi connectivity index (χ2n) is 4.73. The molecule has 0 aromatic heterocycles. The number of nitrogens with zero attached hydrogens (tertiary/aromatic N) is 1. The average molecular weight is 190 g/mol. The Morgan fingerprint density at radius 3 is 2.54 bits per heavy atom. The molecular weight excluding hydrogens is 174 g/mol. The third kappa shape index (κ3) is 1.57. The molecule has 0 spiro atoms. The van der Waals surface area contributed by atoms with E-state index in [0.717, 1.165) is 19.5 Å². The molecule has 2 N–H and O–H groups in total. The Labute approximate surface area is 77.1 Å². The lowest BCUT2D eigenvalue weighted by atomic mass is 10.1. The van der Waals surface area contributed by atoms with E-state index in [0.29, 0.717) is 6.54 Å². The molecule has 2 nitrogen and oxygen atoms in total. The first-order chi connectivity index (χ1) is 5.93. The summed E-state index contributed by atoms with van der Waals surface area (Å²) in [6, 6.07) is 0.191. The summed E-state index contributed by atoms with van der Waals surface area (Å²) in [7, 11) is 0. The summed E-state index contributed by atoms with van der Waals surface area (Å²) in [6.45, 7) is 3.84. The van der Waals surface area contributed by atoms with E-state index in [1.807, 2.05) is 0 Å². The van der Waals surface area contributed by atoms with Gasteiger partial charge in [-0.1, -0.05) is 6.92 Å². The Kier molecular flexibility index (Phi) is 1.90. The highest BCUT2D eigenvalue weighted by atomic mass is 19.3. The van der Waals surface area contributed by atoms with Gasteiger partial charge in [-0.2, -0.15) is 0 Å². The predicted octanol–water partition coefficient (Wildman–Crippen LogP) is 1.06. The van der Waals surface area contributed by atoms with Gasteiger partial charge < -0.3 is 10.6 Å². The SMILES string of the molecule is CC1(CN2CC[C@H](N)C2)CC1(F)F. The summed E-state index contributed by atoms with van der Waals surface area (Å²) >= 11 is 0. The maximum atomic E-state index is 12.9. The van der Waals surface area contributed by atoms with Gasteiger partial charge in [0.05, 0.1) is 0 Å². The highest BCUT2D eigenvalue weighted by Gasteiger charge is 2.68. The predicted molar refractivity (Wildman–Crippen MR) is 46.7 cm³/mol. The normalized spacial score (nSPS) is 43.8. The van der Waals surface area contributed by atoms with Crippen molar-refractivity contribution < 1.29 is 8.78 Å². The van der Waals surface area contributed by atoms with Crippen molar-refractivity contribution in [1.82, 2.24) is 4.90 Å². The minimum atomic E-state index is -2.43. The summed E-state index contributed by atoms with van der Waals surface area (Å²) < 4.78 is 25.7. The van der Waals surface area contributed by atoms with Crippen LogP contribution in [-0.2, 0) is 0 Å². The molecule has 2 fully saturated rings. The molecule has 0 aromatic rings. The van der Waals surface area contributed by atoms with Gasteiger partial charge in [-0.15, -0.1) is 0 Å². The van der Waals surface area contributed by atoms with Gasteiger partial charge in [0.15, 0.2) is 0 Å². The van der Waals surface area contributed by atoms with Crippen molar-refractivity contribution in [3.63, 3.8) is 0 Å². The molecule has 4 heteroatoms. The summed E-state index contributed by atoms with van der Waals surface area (Å²) in [5.74, 6) is -2.43. The first-order valence-corrected chi connectivity index (χ1v) is 4.79. The van der Waals surface area contributed by atoms with Crippen LogP contribution in [0.4, 0.5) is 8.78 Å². The summed E-state index contributed by atoms with van der Waals surface area (Å²) in [5.41, 5.74) is 4.94. The number of nitrogens with two attached hydrogens (primary N) is 1. The van der Waals surface area contributed by atoms with Gasteiger partial charge >= 0.3 is 0 Å². The van der Waals surface area contributed by atoms with Crippen LogP contribution < -0.4 is 5.73 Å². The summed E-state index contributed by atoms with van der Waals surface area (Å²) in [4.78, 5) is 2.06. The van der Waals surface area contributed by atoms with E-state index in [9.17, 15) is 8.78 Å². The van der Waals surface area contributed by atoms with Gasteiger partial charge in [0.25, 0.3) is 5.92 Å². The van der Waals surface area contributed by atoms with E-state index in [2.05, 4.69) is 4.90 Å². The van der Waals surface area contributed by atoms with E-state index in [1.165, 1.54) is 0 Å². The third-order valence-corrected chi connectivity index (χ3v) is 3.25. The molecule has 0 bridgehead atoms. The van der Waals surface area contributed by atoms with Crippen LogP contribution >= 0.6 is 0 Å². The van der Waals surface area contributed by atoms with Crippen LogP contribution in [0, 0.1) is 5.41 Å². The topological polar surface area (TPSA) is 29.3 Å². The fourth-order valence-corrected chi connectivity index (χ4v) is 2.12. The summed E-state index contributed by atoms with van der Waals surface area (Å²) in [6.07, 6.45) is 0.993. The van der Waals surface area contributed by atoms with E-state index in [4.69, 9.17) is 5.73 Å². The van der Waals surface area contributed by atoms with Gasteiger partial charge in [0.1, 0.15) is 0 Å². The number of rotatable bonds is 2. The molecule has 1 saturated carbocycles. The van der Waals surface area contributed by atoms with Gasteiger partial charge in [-0.05, 0) is 13.0 Å². The monoisotopic (exact) mass is 190 g/mol. The lowest BCUT2D eigenvalue weighted by Gasteiger charge is -2.20. The molecule has 1 unspecified atom stereocenters. The lowest BCUT2D eigenvalue weighted by molar-refractivity contribution is 0.0565. The zero-order chi connectivity index (χ0) is 9.69. The lowest BCUT2D eigenvalue weighted by Crippen LogP contribution is -2.32. The first kappa shape index (κ1) is 9.34. The van der Waals surface area contributed by atoms with Crippen LogP contribution in [-0.4, -0.2) is 36.5 Å². The Balaban J connectivity index is 1.86. The van der Waals surface area contributed by atoms with Gasteiger partial charge in [-0.25, -0.2) is 8.78 Å². The van der Waals surface area contributed by atoms with E-state index < -0.39 is 11.3 Å². The Bertz CT molecular complexity index is 220. The van der Waals surface area contributed by atoms with Crippen molar-refractivity contribution in [2.24, 2.45) is 11.1 Å². The van der Waals surface area contributed by atoms with Crippen LogP contribution in [0.15, 0.2) is 0 Å². The fraction of sp³-hybridized carbons (Fsp3) is 1.00. The maximum Gasteiger partial charge on any atom is 0.255 e. The molecule has 0 aromatic carbocycles. The average Bonchev–Trinajstić information content (AvgIpc) is 2.37. The second kappa shape index (κ2) is 2.64. The minimum absolute atomic E-state index is 0.0474. The van der Waals surface area contributed by atoms with Crippen molar-refractivity contribution in [3.8, 4) is 0 Å². The molecule has 1 aliphatic carbocycles. The summed E-state index contributed by atoms with van der Waals surface area (Å²) in [5, 5.41) is 0. The molecule has 0 radical (unpaired) electrons. The van der Waals surface area contributed by atoms with Gasteiger partial charge in [0, 0.05) is 31.0 Å². The largest absolute Gasteiger partial charge is 0.326 e. The van der Waals surface area contributed by atoms with Crippen LogP contribution in [0.25, 0.3) is 0 Å². The molecule has 2 rings (SSSR count). The quantitative estimate of drug-likeness (QED) is 0.705. The van der Waals surface area contributed by atoms with Crippen LogP contribution in [0.5, 0.6) is 0 Å². The maximum absolute atomic E-state index is 12.9. The highest BCUT2D eigenvalue weighted by Crippen LogP contribution is 2.60. The molecule has 2 aliphatic rings. The van der Waals surface area contributed by atoms with Crippen molar-refractivity contribution >= 4 is 0 Å². The molecular formula is C9H16F2N2. The number of likely N-dealkylation sites (tertiary alicyclic amines) is 1. The minimum Gasteiger partial charge on any atom is -0.326 e. The van der Waals surface area contributed by atoms with Crippen molar-refractivity contribution in [2.45, 2.75) is 31.7 Å². The number of halogens is 2. The molecule has 13 heavy (non-hydrogen) atoms. The molecule has 1 heterocycles. The molecule has 2 atom stereocenters. The zero-order valence-corrected chi connectivity index (χ0v) is 7.89. The number of hydrogen-bond acceptors (Lipinski definition) is 2. The number of hydrogen-bond donors (Lipinski definition) is 1. The zero-order valence-electron chi connectivity index (χ0n) is 7.89. The molecule has 1 saturated heterocycles. The molecule has 0 amide bonds. The van der Waals surface area contributed by atoms with Crippen LogP contribution in [0.3, 0.4) is 0 Å². The van der Waals surface area contributed by atoms with Gasteiger partial charge in [0.2, 0.25) is 0 Å². The third-order valence-electron chi connectivity index (χ3n) is 3.25. The smallest absolute Gasteiger partial charge is 0.255 e. The standard InChI is InChI=1S/C9H16F2N2/c1-8(5-9(8,10)11)6-13-3-2-7(12)4-13/h7H,2-6,12H2,1H3/t7-,8?/m0/s1. The van der Waals surface area contributed by atoms with Crippen molar-refractivity contribution in [2.75, 3.05) is 19.6 Å². The van der Waals surface area contributed by atoms with Crippen molar-refractivity contribution in [3.05, 3.63) is 0 Å². The van der Waals surface area contributed by atoms with Crippen LogP contribution in [0.1, 0.15) is 19.8 Å². The Morgan fingerprint density at radius 1 is 1.54 bits per heavy atom. The fourth-order valence-electron chi connectivity index (χ4n) is 2.12. The van der Waals surface area contributed by atoms with Crippen LogP contribution in [0.2, 0.25) is 0 Å². The van der Waals surface area contributed by atoms with Crippen molar-refractivity contribution in [1.29, 1.82) is 0 Å². The number of alkyl halides is 2.